The average Bonchev–Trinajstić information content (AvgIpc) is 2.82. The van der Waals surface area contributed by atoms with Crippen LogP contribution in [-0.4, -0.2) is 21.2 Å². The van der Waals surface area contributed by atoms with Gasteiger partial charge in [0.25, 0.3) is 11.1 Å². The second-order valence-electron chi connectivity index (χ2n) is 5.86. The Morgan fingerprint density at radius 3 is 2.44 bits per heavy atom. The average molecular weight is 357 g/mol. The molecule has 0 radical (unpaired) electrons. The van der Waals surface area contributed by atoms with Crippen LogP contribution in [-0.2, 0) is 11.3 Å². The van der Waals surface area contributed by atoms with Gasteiger partial charge >= 0.3 is 0 Å². The second kappa shape index (κ2) is 6.72. The van der Waals surface area contributed by atoms with Gasteiger partial charge in [-0.15, -0.1) is 0 Å². The number of hydrogen-bond donors (Lipinski definition) is 1. The van der Waals surface area contributed by atoms with Crippen molar-refractivity contribution in [1.82, 2.24) is 4.90 Å². The lowest BCUT2D eigenvalue weighted by Gasteiger charge is -2.12. The van der Waals surface area contributed by atoms with Crippen LogP contribution in [0, 0.1) is 19.7 Å². The van der Waals surface area contributed by atoms with Crippen molar-refractivity contribution in [3.63, 3.8) is 0 Å². The molecule has 25 heavy (non-hydrogen) atoms. The number of thioether (sulfide) groups is 1. The molecule has 1 fully saturated rings. The standard InChI is InChI=1S/C19H16FNO3S/c1-11-7-13(8-12(2)17(11)22)9-16-18(23)21(19(24)25-16)10-14-5-3-4-6-15(14)20/h3-9,22H,10H2,1-2H3/b16-9-. The summed E-state index contributed by atoms with van der Waals surface area (Å²) in [5.41, 5.74) is 2.40. The molecule has 128 valence electrons. The lowest BCUT2D eigenvalue weighted by Crippen LogP contribution is -2.27. The summed E-state index contributed by atoms with van der Waals surface area (Å²) >= 11 is 0.831. The zero-order chi connectivity index (χ0) is 18.1. The van der Waals surface area contributed by atoms with Gasteiger partial charge in [0.05, 0.1) is 11.4 Å². The van der Waals surface area contributed by atoms with Crippen LogP contribution in [0.3, 0.4) is 0 Å². The van der Waals surface area contributed by atoms with E-state index in [9.17, 15) is 19.1 Å². The van der Waals surface area contributed by atoms with Crippen LogP contribution in [0.15, 0.2) is 41.3 Å². The molecule has 1 saturated heterocycles. The van der Waals surface area contributed by atoms with Gasteiger partial charge in [0.1, 0.15) is 11.6 Å². The van der Waals surface area contributed by atoms with Crippen LogP contribution >= 0.6 is 11.8 Å². The number of halogens is 1. The normalized spacial score (nSPS) is 16.1. The fourth-order valence-corrected chi connectivity index (χ4v) is 3.50. The largest absolute Gasteiger partial charge is 0.507 e. The predicted molar refractivity (Wildman–Crippen MR) is 95.5 cm³/mol. The Hall–Kier alpha value is -2.60. The minimum atomic E-state index is -0.449. The van der Waals surface area contributed by atoms with Crippen molar-refractivity contribution in [2.45, 2.75) is 20.4 Å². The number of carbonyl (C=O) groups is 2. The molecule has 1 aliphatic rings. The maximum absolute atomic E-state index is 13.8. The molecule has 2 aromatic rings. The number of carbonyl (C=O) groups excluding carboxylic acids is 2. The quantitative estimate of drug-likeness (QED) is 0.828. The fraction of sp³-hybridized carbons (Fsp3) is 0.158. The molecular weight excluding hydrogens is 341 g/mol. The summed E-state index contributed by atoms with van der Waals surface area (Å²) in [5.74, 6) is -0.679. The summed E-state index contributed by atoms with van der Waals surface area (Å²) in [5, 5.41) is 9.40. The zero-order valence-electron chi connectivity index (χ0n) is 13.7. The van der Waals surface area contributed by atoms with E-state index in [-0.39, 0.29) is 17.2 Å². The lowest BCUT2D eigenvalue weighted by atomic mass is 10.1. The van der Waals surface area contributed by atoms with Gasteiger partial charge in [0.2, 0.25) is 0 Å². The van der Waals surface area contributed by atoms with Gasteiger partial charge in [0, 0.05) is 5.56 Å². The topological polar surface area (TPSA) is 57.6 Å². The number of phenolic OH excluding ortho intramolecular Hbond substituents is 1. The highest BCUT2D eigenvalue weighted by atomic mass is 32.2. The molecule has 1 heterocycles. The third-order valence-electron chi connectivity index (χ3n) is 3.97. The third-order valence-corrected chi connectivity index (χ3v) is 4.88. The summed E-state index contributed by atoms with van der Waals surface area (Å²) in [7, 11) is 0. The number of rotatable bonds is 3. The summed E-state index contributed by atoms with van der Waals surface area (Å²) < 4.78 is 13.8. The van der Waals surface area contributed by atoms with Crippen molar-refractivity contribution in [3.05, 3.63) is 69.4 Å². The van der Waals surface area contributed by atoms with Crippen molar-refractivity contribution < 1.29 is 19.1 Å². The van der Waals surface area contributed by atoms with E-state index in [0.29, 0.717) is 16.7 Å². The molecule has 0 bridgehead atoms. The smallest absolute Gasteiger partial charge is 0.293 e. The van der Waals surface area contributed by atoms with E-state index in [0.717, 1.165) is 22.2 Å². The van der Waals surface area contributed by atoms with E-state index < -0.39 is 17.0 Å². The number of benzene rings is 2. The fourth-order valence-electron chi connectivity index (χ4n) is 2.66. The molecule has 0 aromatic heterocycles. The van der Waals surface area contributed by atoms with Crippen LogP contribution < -0.4 is 0 Å². The van der Waals surface area contributed by atoms with Crippen molar-refractivity contribution in [2.24, 2.45) is 0 Å². The Balaban J connectivity index is 1.87. The molecule has 2 amide bonds. The summed E-state index contributed by atoms with van der Waals surface area (Å²) in [6.45, 7) is 3.44. The van der Waals surface area contributed by atoms with Gasteiger partial charge in [-0.05, 0) is 66.6 Å². The highest BCUT2D eigenvalue weighted by Gasteiger charge is 2.35. The molecule has 0 saturated carbocycles. The van der Waals surface area contributed by atoms with Gasteiger partial charge in [0.15, 0.2) is 0 Å². The molecule has 1 aliphatic heterocycles. The van der Waals surface area contributed by atoms with Gasteiger partial charge in [-0.25, -0.2) is 4.39 Å². The Bertz CT molecular complexity index is 884. The van der Waals surface area contributed by atoms with Crippen LogP contribution in [0.4, 0.5) is 9.18 Å². The maximum Gasteiger partial charge on any atom is 0.293 e. The molecule has 2 aromatic carbocycles. The highest BCUT2D eigenvalue weighted by molar-refractivity contribution is 8.18. The number of imide groups is 1. The molecule has 0 spiro atoms. The number of aryl methyl sites for hydroxylation is 2. The van der Waals surface area contributed by atoms with Crippen LogP contribution in [0.5, 0.6) is 5.75 Å². The molecule has 0 aliphatic carbocycles. The number of amides is 2. The first-order valence-electron chi connectivity index (χ1n) is 7.66. The van der Waals surface area contributed by atoms with Crippen molar-refractivity contribution in [1.29, 1.82) is 0 Å². The van der Waals surface area contributed by atoms with Crippen LogP contribution in [0.25, 0.3) is 6.08 Å². The Morgan fingerprint density at radius 1 is 1.16 bits per heavy atom. The highest BCUT2D eigenvalue weighted by Crippen LogP contribution is 2.34. The summed E-state index contributed by atoms with van der Waals surface area (Å²) in [4.78, 5) is 26.0. The first kappa shape index (κ1) is 17.2. The van der Waals surface area contributed by atoms with E-state index in [1.807, 2.05) is 0 Å². The van der Waals surface area contributed by atoms with E-state index in [1.54, 1.807) is 50.3 Å². The van der Waals surface area contributed by atoms with Gasteiger partial charge in [-0.1, -0.05) is 18.2 Å². The molecule has 6 heteroatoms. The molecule has 4 nitrogen and oxygen atoms in total. The van der Waals surface area contributed by atoms with Gasteiger partial charge in [-0.2, -0.15) is 0 Å². The number of phenols is 1. The Labute approximate surface area is 149 Å². The third kappa shape index (κ3) is 3.44. The van der Waals surface area contributed by atoms with Crippen molar-refractivity contribution >= 4 is 29.0 Å². The molecule has 1 N–H and O–H groups in total. The monoisotopic (exact) mass is 357 g/mol. The summed E-state index contributed by atoms with van der Waals surface area (Å²) in [6.07, 6.45) is 1.62. The zero-order valence-corrected chi connectivity index (χ0v) is 14.6. The van der Waals surface area contributed by atoms with Crippen molar-refractivity contribution in [2.75, 3.05) is 0 Å². The SMILES string of the molecule is Cc1cc(/C=C2\SC(=O)N(Cc3ccccc3F)C2=O)cc(C)c1O. The van der Waals surface area contributed by atoms with E-state index >= 15 is 0 Å². The Morgan fingerprint density at radius 2 is 1.80 bits per heavy atom. The van der Waals surface area contributed by atoms with Gasteiger partial charge in [-0.3, -0.25) is 14.5 Å². The summed E-state index contributed by atoms with van der Waals surface area (Å²) in [6, 6.07) is 9.55. The minimum Gasteiger partial charge on any atom is -0.507 e. The van der Waals surface area contributed by atoms with Gasteiger partial charge < -0.3 is 5.11 Å². The minimum absolute atomic E-state index is 0.0949. The van der Waals surface area contributed by atoms with E-state index in [4.69, 9.17) is 0 Å². The molecule has 0 unspecified atom stereocenters. The first-order chi connectivity index (χ1) is 11.9. The number of aromatic hydroxyl groups is 1. The molecular formula is C19H16FNO3S. The predicted octanol–water partition coefficient (Wildman–Crippen LogP) is 4.38. The molecule has 0 atom stereocenters. The van der Waals surface area contributed by atoms with Crippen LogP contribution in [0.1, 0.15) is 22.3 Å². The Kier molecular flexibility index (Phi) is 4.63. The number of hydrogen-bond acceptors (Lipinski definition) is 4. The van der Waals surface area contributed by atoms with Crippen LogP contribution in [0.2, 0.25) is 0 Å². The maximum atomic E-state index is 13.8. The first-order valence-corrected chi connectivity index (χ1v) is 8.47. The number of nitrogens with zero attached hydrogens (tertiary/aromatic N) is 1. The van der Waals surface area contributed by atoms with E-state index in [2.05, 4.69) is 0 Å². The lowest BCUT2D eigenvalue weighted by molar-refractivity contribution is -0.123. The van der Waals surface area contributed by atoms with E-state index in [1.165, 1.54) is 6.07 Å². The molecule has 3 rings (SSSR count). The second-order valence-corrected chi connectivity index (χ2v) is 6.86. The van der Waals surface area contributed by atoms with Crippen molar-refractivity contribution in [3.8, 4) is 5.75 Å².